The lowest BCUT2D eigenvalue weighted by Gasteiger charge is -2.13. The fraction of sp³-hybridized carbons (Fsp3) is 0.375. The number of aromatic nitrogens is 2. The molecule has 0 radical (unpaired) electrons. The predicted molar refractivity (Wildman–Crippen MR) is 87.9 cm³/mol. The van der Waals surface area contributed by atoms with E-state index >= 15 is 0 Å². The topological polar surface area (TPSA) is 122 Å². The lowest BCUT2D eigenvalue weighted by molar-refractivity contribution is 0.0863. The van der Waals surface area contributed by atoms with Gasteiger partial charge in [0.2, 0.25) is 5.89 Å². The number of aryl methyl sites for hydroxylation is 1. The summed E-state index contributed by atoms with van der Waals surface area (Å²) in [6, 6.07) is 3.86. The monoisotopic (exact) mass is 376 g/mol. The molecule has 2 heterocycles. The van der Waals surface area contributed by atoms with Crippen LogP contribution in [0.5, 0.6) is 0 Å². The van der Waals surface area contributed by atoms with E-state index in [4.69, 9.17) is 4.52 Å². The number of benzene rings is 1. The summed E-state index contributed by atoms with van der Waals surface area (Å²) in [5, 5.41) is 6.33. The molecular formula is C16H16N4O5S. The molecule has 0 spiro atoms. The third kappa shape index (κ3) is 2.75. The van der Waals surface area contributed by atoms with E-state index in [-0.39, 0.29) is 28.6 Å². The minimum Gasteiger partial charge on any atom is -0.352 e. The minimum absolute atomic E-state index is 0.102. The summed E-state index contributed by atoms with van der Waals surface area (Å²) < 4.78 is 31.1. The Morgan fingerprint density at radius 2 is 2.15 bits per heavy atom. The van der Waals surface area contributed by atoms with Crippen molar-refractivity contribution in [1.82, 2.24) is 19.8 Å². The first-order valence-electron chi connectivity index (χ1n) is 8.18. The molecule has 10 heteroatoms. The maximum Gasteiger partial charge on any atom is 0.269 e. The van der Waals surface area contributed by atoms with Crippen LogP contribution in [0.3, 0.4) is 0 Å². The highest BCUT2D eigenvalue weighted by Gasteiger charge is 2.48. The molecular weight excluding hydrogens is 360 g/mol. The number of fused-ring (bicyclic) bond motifs is 1. The van der Waals surface area contributed by atoms with Crippen molar-refractivity contribution < 1.29 is 22.5 Å². The standard InChI is InChI=1S/C16H16N4O5S/c1-9-18-14(25-19-9)6-7-17-15(21)10-2-5-12-13(8-10)26(23,24)20(16(12)22)11-3-4-11/h2,5,8,11H,3-4,6-7H2,1H3,(H,17,21). The second kappa shape index (κ2) is 5.90. The normalized spacial score (nSPS) is 18.0. The molecule has 1 aromatic heterocycles. The van der Waals surface area contributed by atoms with E-state index in [1.54, 1.807) is 6.92 Å². The van der Waals surface area contributed by atoms with Crippen LogP contribution >= 0.6 is 0 Å². The van der Waals surface area contributed by atoms with Gasteiger partial charge in [-0.1, -0.05) is 5.16 Å². The van der Waals surface area contributed by atoms with Gasteiger partial charge in [0.05, 0.1) is 5.56 Å². The van der Waals surface area contributed by atoms with Gasteiger partial charge in [-0.3, -0.25) is 9.59 Å². The van der Waals surface area contributed by atoms with E-state index in [2.05, 4.69) is 15.5 Å². The molecule has 0 unspecified atom stereocenters. The molecule has 0 bridgehead atoms. The van der Waals surface area contributed by atoms with Gasteiger partial charge in [0, 0.05) is 24.6 Å². The van der Waals surface area contributed by atoms with Crippen LogP contribution in [0, 0.1) is 6.92 Å². The number of sulfonamides is 1. The first kappa shape index (κ1) is 16.7. The summed E-state index contributed by atoms with van der Waals surface area (Å²) in [5.74, 6) is -0.0252. The Hall–Kier alpha value is -2.75. The molecule has 9 nitrogen and oxygen atoms in total. The molecule has 136 valence electrons. The fourth-order valence-corrected chi connectivity index (χ4v) is 4.73. The van der Waals surface area contributed by atoms with Crippen LogP contribution in [0.15, 0.2) is 27.6 Å². The lowest BCUT2D eigenvalue weighted by Crippen LogP contribution is -2.32. The van der Waals surface area contributed by atoms with E-state index < -0.39 is 21.8 Å². The van der Waals surface area contributed by atoms with Crippen molar-refractivity contribution in [3.63, 3.8) is 0 Å². The molecule has 1 N–H and O–H groups in total. The van der Waals surface area contributed by atoms with Gasteiger partial charge in [-0.25, -0.2) is 12.7 Å². The van der Waals surface area contributed by atoms with Crippen molar-refractivity contribution in [2.24, 2.45) is 0 Å². The van der Waals surface area contributed by atoms with E-state index in [9.17, 15) is 18.0 Å². The zero-order chi connectivity index (χ0) is 18.5. The Morgan fingerprint density at radius 3 is 2.81 bits per heavy atom. The van der Waals surface area contributed by atoms with Gasteiger partial charge in [0.1, 0.15) is 4.90 Å². The predicted octanol–water partition coefficient (Wildman–Crippen LogP) is 0.657. The van der Waals surface area contributed by atoms with E-state index in [0.717, 1.165) is 4.31 Å². The average Bonchev–Trinajstić information content (AvgIpc) is 3.30. The summed E-state index contributed by atoms with van der Waals surface area (Å²) in [6.45, 7) is 1.96. The first-order chi connectivity index (χ1) is 12.4. The highest BCUT2D eigenvalue weighted by atomic mass is 32.2. The Bertz CT molecular complexity index is 1010. The number of carbonyl (C=O) groups excluding carboxylic acids is 2. The van der Waals surface area contributed by atoms with Gasteiger partial charge in [-0.05, 0) is 38.0 Å². The maximum absolute atomic E-state index is 12.6. The first-order valence-corrected chi connectivity index (χ1v) is 9.62. The summed E-state index contributed by atoms with van der Waals surface area (Å²) >= 11 is 0. The number of nitrogens with one attached hydrogen (secondary N) is 1. The van der Waals surface area contributed by atoms with Gasteiger partial charge in [-0.15, -0.1) is 0 Å². The Balaban J connectivity index is 1.50. The number of amides is 2. The summed E-state index contributed by atoms with van der Waals surface area (Å²) in [6.07, 6.45) is 1.73. The second-order valence-electron chi connectivity index (χ2n) is 6.29. The molecule has 2 amide bonds. The highest BCUT2D eigenvalue weighted by molar-refractivity contribution is 7.90. The van der Waals surface area contributed by atoms with Gasteiger partial charge in [-0.2, -0.15) is 4.98 Å². The van der Waals surface area contributed by atoms with Crippen LogP contribution in [0.1, 0.15) is 45.3 Å². The molecule has 2 aliphatic rings. The maximum atomic E-state index is 12.6. The number of hydrogen-bond acceptors (Lipinski definition) is 7. The molecule has 1 aliphatic heterocycles. The van der Waals surface area contributed by atoms with Crippen LogP contribution in [-0.2, 0) is 16.4 Å². The third-order valence-electron chi connectivity index (χ3n) is 4.28. The van der Waals surface area contributed by atoms with Gasteiger partial charge in [0.15, 0.2) is 5.82 Å². The number of rotatable bonds is 5. The van der Waals surface area contributed by atoms with Gasteiger partial charge in [0.25, 0.3) is 21.8 Å². The zero-order valence-corrected chi connectivity index (χ0v) is 14.7. The molecule has 2 aromatic rings. The molecule has 1 aromatic carbocycles. The van der Waals surface area contributed by atoms with Crippen LogP contribution in [0.25, 0.3) is 0 Å². The second-order valence-corrected chi connectivity index (χ2v) is 8.07. The molecule has 26 heavy (non-hydrogen) atoms. The van der Waals surface area contributed by atoms with Gasteiger partial charge >= 0.3 is 0 Å². The number of hydrogen-bond donors (Lipinski definition) is 1. The number of nitrogens with zero attached hydrogens (tertiary/aromatic N) is 3. The number of carbonyl (C=O) groups is 2. The van der Waals surface area contributed by atoms with Crippen molar-refractivity contribution in [2.75, 3.05) is 6.54 Å². The summed E-state index contributed by atoms with van der Waals surface area (Å²) in [7, 11) is -3.88. The third-order valence-corrected chi connectivity index (χ3v) is 6.16. The summed E-state index contributed by atoms with van der Waals surface area (Å²) in [5.41, 5.74) is 0.300. The molecule has 1 aliphatic carbocycles. The Morgan fingerprint density at radius 1 is 1.38 bits per heavy atom. The van der Waals surface area contributed by atoms with Crippen molar-refractivity contribution in [1.29, 1.82) is 0 Å². The lowest BCUT2D eigenvalue weighted by atomic mass is 10.1. The molecule has 1 saturated carbocycles. The molecule has 0 saturated heterocycles. The Kier molecular flexibility index (Phi) is 3.79. The van der Waals surface area contributed by atoms with Crippen molar-refractivity contribution in [2.45, 2.75) is 37.1 Å². The van der Waals surface area contributed by atoms with Crippen molar-refractivity contribution >= 4 is 21.8 Å². The van der Waals surface area contributed by atoms with Crippen molar-refractivity contribution in [3.8, 4) is 0 Å². The van der Waals surface area contributed by atoms with Crippen LogP contribution in [0.2, 0.25) is 0 Å². The average molecular weight is 376 g/mol. The van der Waals surface area contributed by atoms with E-state index in [0.29, 0.717) is 31.0 Å². The molecule has 1 fully saturated rings. The van der Waals surface area contributed by atoms with E-state index in [1.165, 1.54) is 18.2 Å². The van der Waals surface area contributed by atoms with Crippen LogP contribution in [-0.4, -0.2) is 47.3 Å². The minimum atomic E-state index is -3.88. The SMILES string of the molecule is Cc1noc(CCNC(=O)c2ccc3c(c2)S(=O)(=O)N(C2CC2)C3=O)n1. The smallest absolute Gasteiger partial charge is 0.269 e. The van der Waals surface area contributed by atoms with Crippen LogP contribution < -0.4 is 5.32 Å². The van der Waals surface area contributed by atoms with Crippen molar-refractivity contribution in [3.05, 3.63) is 41.0 Å². The van der Waals surface area contributed by atoms with Crippen LogP contribution in [0.4, 0.5) is 0 Å². The van der Waals surface area contributed by atoms with E-state index in [1.807, 2.05) is 0 Å². The van der Waals surface area contributed by atoms with Gasteiger partial charge < -0.3 is 9.84 Å². The fourth-order valence-electron chi connectivity index (χ4n) is 2.89. The molecule has 0 atom stereocenters. The highest BCUT2D eigenvalue weighted by Crippen LogP contribution is 2.39. The summed E-state index contributed by atoms with van der Waals surface area (Å²) in [4.78, 5) is 28.5. The zero-order valence-electron chi connectivity index (χ0n) is 13.9. The largest absolute Gasteiger partial charge is 0.352 e. The Labute approximate surface area is 149 Å². The quantitative estimate of drug-likeness (QED) is 0.813. The molecule has 4 rings (SSSR count).